The van der Waals surface area contributed by atoms with Crippen LogP contribution in [0.5, 0.6) is 0 Å². The van der Waals surface area contributed by atoms with E-state index in [-0.39, 0.29) is 0 Å². The van der Waals surface area contributed by atoms with Crippen molar-refractivity contribution in [2.75, 3.05) is 5.88 Å². The molecule has 0 aromatic rings. The standard InChI is InChI=1S/C6H10ClO2/c1-5(4-8)6(9)2-3-7/h5-6,9H,2-3H2,1H3/t5-,6?/m1/s1. The normalized spacial score (nSPS) is 16.8. The van der Waals surface area contributed by atoms with E-state index in [1.165, 1.54) is 0 Å². The molecule has 0 rings (SSSR count). The zero-order valence-electron chi connectivity index (χ0n) is 5.30. The Balaban J connectivity index is 3.44. The molecule has 9 heavy (non-hydrogen) atoms. The van der Waals surface area contributed by atoms with Gasteiger partial charge in [0.1, 0.15) is 0 Å². The molecular weight excluding hydrogens is 140 g/mol. The molecule has 1 N–H and O–H groups in total. The highest BCUT2D eigenvalue weighted by molar-refractivity contribution is 6.17. The summed E-state index contributed by atoms with van der Waals surface area (Å²) in [4.78, 5) is 9.89. The maximum Gasteiger partial charge on any atom is 0.204 e. The number of aliphatic hydroxyl groups is 1. The Kier molecular flexibility index (Phi) is 4.72. The third kappa shape index (κ3) is 3.49. The van der Waals surface area contributed by atoms with Gasteiger partial charge in [0.25, 0.3) is 0 Å². The topological polar surface area (TPSA) is 37.3 Å². The Morgan fingerprint density at radius 1 is 1.78 bits per heavy atom. The summed E-state index contributed by atoms with van der Waals surface area (Å²) in [5.41, 5.74) is 0. The number of rotatable bonds is 4. The van der Waals surface area contributed by atoms with Gasteiger partial charge in [-0.05, 0) is 6.42 Å². The lowest BCUT2D eigenvalue weighted by Gasteiger charge is -2.09. The second-order valence-electron chi connectivity index (χ2n) is 1.95. The lowest BCUT2D eigenvalue weighted by Crippen LogP contribution is -2.18. The van der Waals surface area contributed by atoms with Gasteiger partial charge in [0.05, 0.1) is 6.10 Å². The van der Waals surface area contributed by atoms with Crippen LogP contribution >= 0.6 is 11.6 Å². The van der Waals surface area contributed by atoms with Crippen LogP contribution in [0.15, 0.2) is 0 Å². The molecule has 0 bridgehead atoms. The van der Waals surface area contributed by atoms with Crippen molar-refractivity contribution in [1.29, 1.82) is 0 Å². The van der Waals surface area contributed by atoms with Crippen molar-refractivity contribution < 1.29 is 9.90 Å². The van der Waals surface area contributed by atoms with Gasteiger partial charge < -0.3 is 5.11 Å². The van der Waals surface area contributed by atoms with Crippen LogP contribution < -0.4 is 0 Å². The van der Waals surface area contributed by atoms with E-state index >= 15 is 0 Å². The molecule has 0 aliphatic rings. The van der Waals surface area contributed by atoms with Gasteiger partial charge in [0, 0.05) is 11.8 Å². The molecule has 0 aliphatic heterocycles. The zero-order chi connectivity index (χ0) is 7.28. The van der Waals surface area contributed by atoms with Crippen molar-refractivity contribution in [3.05, 3.63) is 0 Å². The molecule has 0 fully saturated rings. The van der Waals surface area contributed by atoms with Crippen molar-refractivity contribution in [1.82, 2.24) is 0 Å². The van der Waals surface area contributed by atoms with Crippen molar-refractivity contribution in [3.8, 4) is 0 Å². The van der Waals surface area contributed by atoms with E-state index in [0.29, 0.717) is 12.3 Å². The van der Waals surface area contributed by atoms with Gasteiger partial charge >= 0.3 is 0 Å². The van der Waals surface area contributed by atoms with Crippen molar-refractivity contribution in [2.45, 2.75) is 19.4 Å². The molecule has 0 saturated carbocycles. The number of halogens is 1. The molecule has 3 heteroatoms. The smallest absolute Gasteiger partial charge is 0.204 e. The average Bonchev–Trinajstić information content (AvgIpc) is 1.87. The van der Waals surface area contributed by atoms with E-state index in [2.05, 4.69) is 0 Å². The Hall–Kier alpha value is -0.0800. The predicted molar refractivity (Wildman–Crippen MR) is 36.2 cm³/mol. The van der Waals surface area contributed by atoms with E-state index in [0.717, 1.165) is 0 Å². The first-order valence-corrected chi connectivity index (χ1v) is 3.37. The van der Waals surface area contributed by atoms with Crippen LogP contribution in [0.4, 0.5) is 0 Å². The largest absolute Gasteiger partial charge is 0.392 e. The highest BCUT2D eigenvalue weighted by atomic mass is 35.5. The fraction of sp³-hybridized carbons (Fsp3) is 0.833. The van der Waals surface area contributed by atoms with Gasteiger partial charge in [0.15, 0.2) is 0 Å². The van der Waals surface area contributed by atoms with Crippen molar-refractivity contribution >= 4 is 17.9 Å². The Bertz CT molecular complexity index is 85.1. The van der Waals surface area contributed by atoms with Gasteiger partial charge in [-0.25, -0.2) is 0 Å². The zero-order valence-corrected chi connectivity index (χ0v) is 6.06. The van der Waals surface area contributed by atoms with Crippen molar-refractivity contribution in [2.24, 2.45) is 5.92 Å². The van der Waals surface area contributed by atoms with Crippen LogP contribution in [0.3, 0.4) is 0 Å². The summed E-state index contributed by atoms with van der Waals surface area (Å²) in [6, 6.07) is 0. The van der Waals surface area contributed by atoms with Crippen molar-refractivity contribution in [3.63, 3.8) is 0 Å². The third-order valence-electron chi connectivity index (χ3n) is 1.17. The first kappa shape index (κ1) is 8.92. The monoisotopic (exact) mass is 149 g/mol. The molecule has 0 amide bonds. The lowest BCUT2D eigenvalue weighted by atomic mass is 10.1. The van der Waals surface area contributed by atoms with E-state index in [9.17, 15) is 4.79 Å². The van der Waals surface area contributed by atoms with Gasteiger partial charge in [-0.15, -0.1) is 11.6 Å². The minimum absolute atomic E-state index is 0.382. The number of hydrogen-bond acceptors (Lipinski definition) is 2. The summed E-state index contributed by atoms with van der Waals surface area (Å²) in [5, 5.41) is 8.97. The molecule has 0 aromatic carbocycles. The fourth-order valence-corrected chi connectivity index (χ4v) is 0.664. The minimum atomic E-state index is -0.625. The van der Waals surface area contributed by atoms with Crippen LogP contribution in [-0.2, 0) is 4.79 Å². The summed E-state index contributed by atoms with van der Waals surface area (Å²) in [6.07, 6.45) is 1.52. The number of carbonyl (C=O) groups excluding carboxylic acids is 1. The average molecular weight is 150 g/mol. The second-order valence-corrected chi connectivity index (χ2v) is 2.33. The molecule has 2 nitrogen and oxygen atoms in total. The van der Waals surface area contributed by atoms with E-state index in [1.807, 2.05) is 0 Å². The summed E-state index contributed by atoms with van der Waals surface area (Å²) < 4.78 is 0. The minimum Gasteiger partial charge on any atom is -0.392 e. The molecule has 0 aromatic heterocycles. The number of aliphatic hydroxyl groups excluding tert-OH is 1. The number of hydrogen-bond donors (Lipinski definition) is 1. The number of alkyl halides is 1. The van der Waals surface area contributed by atoms with Crippen LogP contribution in [-0.4, -0.2) is 23.4 Å². The summed E-state index contributed by atoms with van der Waals surface area (Å²) in [7, 11) is 0. The maximum absolute atomic E-state index is 9.89. The second kappa shape index (κ2) is 4.77. The molecule has 0 aliphatic carbocycles. The van der Waals surface area contributed by atoms with E-state index in [1.54, 1.807) is 13.2 Å². The Morgan fingerprint density at radius 2 is 2.33 bits per heavy atom. The molecule has 2 atom stereocenters. The first-order valence-electron chi connectivity index (χ1n) is 2.84. The van der Waals surface area contributed by atoms with Crippen LogP contribution in [0.1, 0.15) is 13.3 Å². The summed E-state index contributed by atoms with van der Waals surface area (Å²) >= 11 is 5.31. The quantitative estimate of drug-likeness (QED) is 0.599. The fourth-order valence-electron chi connectivity index (χ4n) is 0.440. The van der Waals surface area contributed by atoms with Gasteiger partial charge in [0.2, 0.25) is 6.29 Å². The summed E-state index contributed by atoms with van der Waals surface area (Å²) in [6.45, 7) is 1.62. The Labute approximate surface area is 59.8 Å². The van der Waals surface area contributed by atoms with Gasteiger partial charge in [-0.1, -0.05) is 6.92 Å². The molecule has 0 heterocycles. The third-order valence-corrected chi connectivity index (χ3v) is 1.39. The highest BCUT2D eigenvalue weighted by Gasteiger charge is 2.12. The molecule has 1 radical (unpaired) electrons. The van der Waals surface area contributed by atoms with Gasteiger partial charge in [-0.3, -0.25) is 4.79 Å². The lowest BCUT2D eigenvalue weighted by molar-refractivity contribution is 0.140. The predicted octanol–water partition coefficient (Wildman–Crippen LogP) is 0.722. The van der Waals surface area contributed by atoms with Crippen LogP contribution in [0.2, 0.25) is 0 Å². The molecule has 53 valence electrons. The summed E-state index contributed by atoms with van der Waals surface area (Å²) in [5.74, 6) is -0.0311. The molecule has 0 saturated heterocycles. The van der Waals surface area contributed by atoms with E-state index in [4.69, 9.17) is 16.7 Å². The molecule has 1 unspecified atom stereocenters. The highest BCUT2D eigenvalue weighted by Crippen LogP contribution is 2.04. The SMILES string of the molecule is C[C@H]([C]=O)C(O)CCCl. The van der Waals surface area contributed by atoms with Crippen LogP contribution in [0, 0.1) is 5.92 Å². The maximum atomic E-state index is 9.89. The first-order chi connectivity index (χ1) is 4.22. The van der Waals surface area contributed by atoms with Gasteiger partial charge in [-0.2, -0.15) is 0 Å². The molecular formula is C6H10ClO2. The Morgan fingerprint density at radius 3 is 2.67 bits per heavy atom. The van der Waals surface area contributed by atoms with E-state index < -0.39 is 12.0 Å². The molecule has 0 spiro atoms. The van der Waals surface area contributed by atoms with Crippen LogP contribution in [0.25, 0.3) is 0 Å².